The Kier molecular flexibility index (Phi) is 6.11. The lowest BCUT2D eigenvalue weighted by Gasteiger charge is -2.31. The number of hydrogen-bond acceptors (Lipinski definition) is 4. The standard InChI is InChI=1S/C22H26N2O4/c1-14-7-9-16(10-8-14)15(2)23-21(27)19(25)20(26)22(28)24-12-11-17-5-3-4-6-18(17)13-24/h3-10,15,19-20,25-26H,11-13H2,1-2H3,(H,23,27)/t15-,19?,20?/m1/s1. The molecule has 3 atom stereocenters. The van der Waals surface area contributed by atoms with Crippen LogP contribution in [0.3, 0.4) is 0 Å². The first-order valence-corrected chi connectivity index (χ1v) is 9.45. The number of aliphatic hydroxyl groups is 2. The highest BCUT2D eigenvalue weighted by Crippen LogP contribution is 2.20. The molecule has 0 aliphatic carbocycles. The number of benzene rings is 2. The van der Waals surface area contributed by atoms with Crippen molar-refractivity contribution in [3.63, 3.8) is 0 Å². The Labute approximate surface area is 164 Å². The zero-order valence-electron chi connectivity index (χ0n) is 16.1. The van der Waals surface area contributed by atoms with Gasteiger partial charge in [0.2, 0.25) is 0 Å². The number of carbonyl (C=O) groups excluding carboxylic acids is 2. The molecule has 0 radical (unpaired) electrons. The summed E-state index contributed by atoms with van der Waals surface area (Å²) < 4.78 is 0. The van der Waals surface area contributed by atoms with Gasteiger partial charge >= 0.3 is 0 Å². The van der Waals surface area contributed by atoms with Gasteiger partial charge in [-0.05, 0) is 37.0 Å². The molecule has 0 aromatic heterocycles. The third kappa shape index (κ3) is 4.40. The fourth-order valence-electron chi connectivity index (χ4n) is 3.39. The average Bonchev–Trinajstić information content (AvgIpc) is 2.72. The Bertz CT molecular complexity index is 850. The van der Waals surface area contributed by atoms with Gasteiger partial charge in [0.1, 0.15) is 0 Å². The van der Waals surface area contributed by atoms with Gasteiger partial charge in [0.05, 0.1) is 6.04 Å². The van der Waals surface area contributed by atoms with E-state index in [0.717, 1.165) is 16.7 Å². The van der Waals surface area contributed by atoms with Gasteiger partial charge in [-0.3, -0.25) is 9.59 Å². The molecular weight excluding hydrogens is 356 g/mol. The minimum absolute atomic E-state index is 0.355. The Morgan fingerprint density at radius 3 is 2.32 bits per heavy atom. The molecular formula is C22H26N2O4. The van der Waals surface area contributed by atoms with E-state index in [9.17, 15) is 19.8 Å². The fourth-order valence-corrected chi connectivity index (χ4v) is 3.39. The third-order valence-corrected chi connectivity index (χ3v) is 5.20. The highest BCUT2D eigenvalue weighted by atomic mass is 16.3. The van der Waals surface area contributed by atoms with Crippen LogP contribution < -0.4 is 5.32 Å². The normalized spacial score (nSPS) is 16.6. The van der Waals surface area contributed by atoms with Gasteiger partial charge in [-0.15, -0.1) is 0 Å². The van der Waals surface area contributed by atoms with Crippen molar-refractivity contribution in [2.24, 2.45) is 0 Å². The maximum atomic E-state index is 12.6. The molecule has 0 fully saturated rings. The van der Waals surface area contributed by atoms with Crippen molar-refractivity contribution in [3.05, 3.63) is 70.8 Å². The van der Waals surface area contributed by atoms with E-state index in [1.165, 1.54) is 10.5 Å². The molecule has 0 bridgehead atoms. The van der Waals surface area contributed by atoms with Crippen LogP contribution in [0.4, 0.5) is 0 Å². The number of fused-ring (bicyclic) bond motifs is 1. The third-order valence-electron chi connectivity index (χ3n) is 5.20. The summed E-state index contributed by atoms with van der Waals surface area (Å²) >= 11 is 0. The molecule has 3 N–H and O–H groups in total. The molecule has 2 amide bonds. The van der Waals surface area contributed by atoms with Crippen LogP contribution in [0.5, 0.6) is 0 Å². The van der Waals surface area contributed by atoms with Gasteiger partial charge < -0.3 is 20.4 Å². The highest BCUT2D eigenvalue weighted by molar-refractivity contribution is 5.91. The monoisotopic (exact) mass is 382 g/mol. The molecule has 28 heavy (non-hydrogen) atoms. The number of hydrogen-bond donors (Lipinski definition) is 3. The summed E-state index contributed by atoms with van der Waals surface area (Å²) in [6.45, 7) is 4.56. The van der Waals surface area contributed by atoms with E-state index in [1.807, 2.05) is 55.5 Å². The predicted octanol–water partition coefficient (Wildman–Crippen LogP) is 1.48. The Balaban J connectivity index is 1.60. The first-order valence-electron chi connectivity index (χ1n) is 9.45. The average molecular weight is 382 g/mol. The van der Waals surface area contributed by atoms with Crippen molar-refractivity contribution in [2.75, 3.05) is 6.54 Å². The molecule has 0 saturated carbocycles. The van der Waals surface area contributed by atoms with Crippen LogP contribution in [0.2, 0.25) is 0 Å². The van der Waals surface area contributed by atoms with Crippen LogP contribution in [-0.4, -0.2) is 45.7 Å². The van der Waals surface area contributed by atoms with Crippen molar-refractivity contribution < 1.29 is 19.8 Å². The zero-order valence-corrected chi connectivity index (χ0v) is 16.1. The highest BCUT2D eigenvalue weighted by Gasteiger charge is 2.35. The fraction of sp³-hybridized carbons (Fsp3) is 0.364. The van der Waals surface area contributed by atoms with Gasteiger partial charge in [0.25, 0.3) is 11.8 Å². The molecule has 6 nitrogen and oxygen atoms in total. The van der Waals surface area contributed by atoms with Crippen LogP contribution in [0.25, 0.3) is 0 Å². The van der Waals surface area contributed by atoms with E-state index >= 15 is 0 Å². The Morgan fingerprint density at radius 1 is 1.00 bits per heavy atom. The Hall–Kier alpha value is -2.70. The van der Waals surface area contributed by atoms with E-state index < -0.39 is 24.0 Å². The smallest absolute Gasteiger partial charge is 0.255 e. The second-order valence-electron chi connectivity index (χ2n) is 7.31. The van der Waals surface area contributed by atoms with Crippen LogP contribution >= 0.6 is 0 Å². The quantitative estimate of drug-likeness (QED) is 0.731. The van der Waals surface area contributed by atoms with Crippen molar-refractivity contribution >= 4 is 11.8 Å². The molecule has 6 heteroatoms. The molecule has 1 aliphatic heterocycles. The summed E-state index contributed by atoms with van der Waals surface area (Å²) in [6.07, 6.45) is -2.94. The maximum Gasteiger partial charge on any atom is 0.255 e. The molecule has 2 aromatic rings. The summed E-state index contributed by atoms with van der Waals surface area (Å²) in [5, 5.41) is 23.1. The van der Waals surface area contributed by atoms with Gasteiger partial charge in [-0.2, -0.15) is 0 Å². The summed E-state index contributed by atoms with van der Waals surface area (Å²) in [7, 11) is 0. The van der Waals surface area contributed by atoms with Gasteiger partial charge in [-0.1, -0.05) is 54.1 Å². The number of carbonyl (C=O) groups is 2. The summed E-state index contributed by atoms with van der Waals surface area (Å²) in [5.41, 5.74) is 4.17. The molecule has 0 spiro atoms. The lowest BCUT2D eigenvalue weighted by molar-refractivity contribution is -0.154. The molecule has 1 heterocycles. The van der Waals surface area contributed by atoms with Crippen LogP contribution in [-0.2, 0) is 22.6 Å². The second-order valence-corrected chi connectivity index (χ2v) is 7.31. The number of rotatable bonds is 5. The zero-order chi connectivity index (χ0) is 20.3. The molecule has 3 rings (SSSR count). The van der Waals surface area contributed by atoms with Crippen molar-refractivity contribution in [1.82, 2.24) is 10.2 Å². The van der Waals surface area contributed by atoms with Gasteiger partial charge in [0.15, 0.2) is 12.2 Å². The van der Waals surface area contributed by atoms with Crippen molar-refractivity contribution in [2.45, 2.75) is 45.1 Å². The number of amides is 2. The number of nitrogens with zero attached hydrogens (tertiary/aromatic N) is 1. The van der Waals surface area contributed by atoms with E-state index in [1.54, 1.807) is 6.92 Å². The minimum Gasteiger partial charge on any atom is -0.380 e. The number of aryl methyl sites for hydroxylation is 1. The van der Waals surface area contributed by atoms with Crippen LogP contribution in [0, 0.1) is 6.92 Å². The molecule has 2 unspecified atom stereocenters. The molecule has 2 aromatic carbocycles. The molecule has 148 valence electrons. The summed E-state index contributed by atoms with van der Waals surface area (Å²) in [6, 6.07) is 15.1. The Morgan fingerprint density at radius 2 is 1.64 bits per heavy atom. The lowest BCUT2D eigenvalue weighted by Crippen LogP contribution is -2.51. The van der Waals surface area contributed by atoms with Gasteiger partial charge in [0, 0.05) is 13.1 Å². The lowest BCUT2D eigenvalue weighted by atomic mass is 9.99. The number of nitrogens with one attached hydrogen (secondary N) is 1. The van der Waals surface area contributed by atoms with Gasteiger partial charge in [-0.25, -0.2) is 0 Å². The van der Waals surface area contributed by atoms with E-state index in [0.29, 0.717) is 19.5 Å². The first-order chi connectivity index (χ1) is 13.4. The van der Waals surface area contributed by atoms with E-state index in [-0.39, 0.29) is 6.04 Å². The largest absolute Gasteiger partial charge is 0.380 e. The SMILES string of the molecule is Cc1ccc([C@@H](C)NC(=O)C(O)C(O)C(=O)N2CCc3ccccc3C2)cc1. The number of aliphatic hydroxyl groups excluding tert-OH is 2. The summed E-state index contributed by atoms with van der Waals surface area (Å²) in [4.78, 5) is 26.4. The van der Waals surface area contributed by atoms with Crippen molar-refractivity contribution in [3.8, 4) is 0 Å². The van der Waals surface area contributed by atoms with Crippen molar-refractivity contribution in [1.29, 1.82) is 0 Å². The molecule has 0 saturated heterocycles. The van der Waals surface area contributed by atoms with E-state index in [2.05, 4.69) is 5.32 Å². The molecule has 1 aliphatic rings. The maximum absolute atomic E-state index is 12.6. The van der Waals surface area contributed by atoms with Crippen LogP contribution in [0.1, 0.15) is 35.2 Å². The predicted molar refractivity (Wildman–Crippen MR) is 105 cm³/mol. The van der Waals surface area contributed by atoms with E-state index in [4.69, 9.17) is 0 Å². The second kappa shape index (κ2) is 8.54. The minimum atomic E-state index is -1.82. The topological polar surface area (TPSA) is 89.9 Å². The summed E-state index contributed by atoms with van der Waals surface area (Å²) in [5.74, 6) is -1.41. The van der Waals surface area contributed by atoms with Crippen LogP contribution in [0.15, 0.2) is 48.5 Å². The first kappa shape index (κ1) is 20.0.